The zero-order valence-corrected chi connectivity index (χ0v) is 13.1. The minimum absolute atomic E-state index is 0.142. The van der Waals surface area contributed by atoms with E-state index >= 15 is 0 Å². The number of amides is 2. The number of hydrogen-bond donors (Lipinski definition) is 2. The fourth-order valence-electron chi connectivity index (χ4n) is 2.62. The number of rotatable bonds is 6. The molecule has 0 spiro atoms. The lowest BCUT2D eigenvalue weighted by Gasteiger charge is -2.22. The summed E-state index contributed by atoms with van der Waals surface area (Å²) in [6, 6.07) is 3.49. The standard InChI is InChI=1S/C16H21F2N3O2/c1-2-21(15(23)9-11-5-4-8-19-11)10-14(22)20-16-12(17)6-3-7-13(16)18/h3,6-7,11,19H,2,4-5,8-10H2,1H3,(H,20,22). The Bertz CT molecular complexity index is 554. The fourth-order valence-corrected chi connectivity index (χ4v) is 2.62. The highest BCUT2D eigenvalue weighted by Crippen LogP contribution is 2.18. The molecule has 0 radical (unpaired) electrons. The predicted molar refractivity (Wildman–Crippen MR) is 82.9 cm³/mol. The van der Waals surface area contributed by atoms with E-state index < -0.39 is 23.2 Å². The molecule has 1 aromatic carbocycles. The Balaban J connectivity index is 1.92. The van der Waals surface area contributed by atoms with Gasteiger partial charge in [0.15, 0.2) is 0 Å². The summed E-state index contributed by atoms with van der Waals surface area (Å²) in [4.78, 5) is 25.6. The highest BCUT2D eigenvalue weighted by molar-refractivity contribution is 5.94. The highest BCUT2D eigenvalue weighted by Gasteiger charge is 2.23. The second kappa shape index (κ2) is 8.01. The van der Waals surface area contributed by atoms with Crippen molar-refractivity contribution in [3.63, 3.8) is 0 Å². The molecule has 2 rings (SSSR count). The quantitative estimate of drug-likeness (QED) is 0.840. The zero-order chi connectivity index (χ0) is 16.8. The van der Waals surface area contributed by atoms with E-state index in [0.29, 0.717) is 13.0 Å². The first-order chi connectivity index (χ1) is 11.0. The number of carbonyl (C=O) groups excluding carboxylic acids is 2. The van der Waals surface area contributed by atoms with Crippen LogP contribution in [-0.4, -0.2) is 42.4 Å². The maximum atomic E-state index is 13.5. The first-order valence-electron chi connectivity index (χ1n) is 7.76. The summed E-state index contributed by atoms with van der Waals surface area (Å²) in [5.74, 6) is -2.45. The molecule has 0 bridgehead atoms. The highest BCUT2D eigenvalue weighted by atomic mass is 19.1. The van der Waals surface area contributed by atoms with Crippen LogP contribution in [0, 0.1) is 11.6 Å². The van der Waals surface area contributed by atoms with Crippen LogP contribution in [0.15, 0.2) is 18.2 Å². The van der Waals surface area contributed by atoms with Gasteiger partial charge in [0.05, 0.1) is 6.54 Å². The van der Waals surface area contributed by atoms with Crippen molar-refractivity contribution in [1.29, 1.82) is 0 Å². The average molecular weight is 325 g/mol. The van der Waals surface area contributed by atoms with Crippen molar-refractivity contribution in [1.82, 2.24) is 10.2 Å². The Morgan fingerprint density at radius 2 is 2.04 bits per heavy atom. The fraction of sp³-hybridized carbons (Fsp3) is 0.500. The lowest BCUT2D eigenvalue weighted by molar-refractivity contribution is -0.134. The molecule has 1 aliphatic heterocycles. The number of para-hydroxylation sites is 1. The van der Waals surface area contributed by atoms with Crippen molar-refractivity contribution in [2.45, 2.75) is 32.2 Å². The third kappa shape index (κ3) is 4.72. The molecule has 2 N–H and O–H groups in total. The molecule has 1 unspecified atom stereocenters. The number of likely N-dealkylation sites (N-methyl/N-ethyl adjacent to an activating group) is 1. The van der Waals surface area contributed by atoms with Crippen molar-refractivity contribution in [3.8, 4) is 0 Å². The maximum Gasteiger partial charge on any atom is 0.244 e. The van der Waals surface area contributed by atoms with Gasteiger partial charge in [0.1, 0.15) is 17.3 Å². The molecule has 1 atom stereocenters. The van der Waals surface area contributed by atoms with Crippen molar-refractivity contribution >= 4 is 17.5 Å². The van der Waals surface area contributed by atoms with Gasteiger partial charge >= 0.3 is 0 Å². The minimum Gasteiger partial charge on any atom is -0.334 e. The second-order valence-electron chi connectivity index (χ2n) is 5.55. The third-order valence-electron chi connectivity index (χ3n) is 3.88. The van der Waals surface area contributed by atoms with E-state index in [1.807, 2.05) is 0 Å². The van der Waals surface area contributed by atoms with E-state index in [0.717, 1.165) is 31.5 Å². The average Bonchev–Trinajstić information content (AvgIpc) is 3.01. The van der Waals surface area contributed by atoms with Crippen LogP contribution in [0.25, 0.3) is 0 Å². The van der Waals surface area contributed by atoms with Gasteiger partial charge in [0.2, 0.25) is 11.8 Å². The van der Waals surface area contributed by atoms with Crippen molar-refractivity contribution < 1.29 is 18.4 Å². The van der Waals surface area contributed by atoms with E-state index in [1.165, 1.54) is 11.0 Å². The molecule has 0 aromatic heterocycles. The molecule has 1 heterocycles. The SMILES string of the molecule is CCN(CC(=O)Nc1c(F)cccc1F)C(=O)CC1CCCN1. The second-order valence-corrected chi connectivity index (χ2v) is 5.55. The van der Waals surface area contributed by atoms with Crippen molar-refractivity contribution in [2.24, 2.45) is 0 Å². The van der Waals surface area contributed by atoms with Crippen LogP contribution in [0.4, 0.5) is 14.5 Å². The Kier molecular flexibility index (Phi) is 6.04. The summed E-state index contributed by atoms with van der Waals surface area (Å²) in [5, 5.41) is 5.42. The van der Waals surface area contributed by atoms with Crippen molar-refractivity contribution in [2.75, 3.05) is 25.0 Å². The number of hydrogen-bond acceptors (Lipinski definition) is 3. The number of nitrogens with zero attached hydrogens (tertiary/aromatic N) is 1. The first kappa shape index (κ1) is 17.3. The molecule has 1 aliphatic rings. The topological polar surface area (TPSA) is 61.4 Å². The van der Waals surface area contributed by atoms with Gasteiger partial charge in [-0.05, 0) is 38.4 Å². The maximum absolute atomic E-state index is 13.5. The Morgan fingerprint density at radius 3 is 2.61 bits per heavy atom. The van der Waals surface area contributed by atoms with E-state index in [2.05, 4.69) is 10.6 Å². The Morgan fingerprint density at radius 1 is 1.35 bits per heavy atom. The molecule has 2 amide bonds. The first-order valence-corrected chi connectivity index (χ1v) is 7.76. The van der Waals surface area contributed by atoms with Crippen molar-refractivity contribution in [3.05, 3.63) is 29.8 Å². The molecule has 5 nitrogen and oxygen atoms in total. The molecule has 7 heteroatoms. The van der Waals surface area contributed by atoms with Gasteiger partial charge in [-0.1, -0.05) is 6.07 Å². The Hall–Kier alpha value is -2.02. The van der Waals surface area contributed by atoms with E-state index in [9.17, 15) is 18.4 Å². The normalized spacial score (nSPS) is 17.1. The number of halogens is 2. The van der Waals surface area contributed by atoms with Gasteiger partial charge in [-0.15, -0.1) is 0 Å². The number of benzene rings is 1. The Labute approximate surface area is 134 Å². The molecule has 1 aromatic rings. The molecule has 23 heavy (non-hydrogen) atoms. The largest absolute Gasteiger partial charge is 0.334 e. The lowest BCUT2D eigenvalue weighted by Crippen LogP contribution is -2.40. The molecule has 126 valence electrons. The number of nitrogens with one attached hydrogen (secondary N) is 2. The van der Waals surface area contributed by atoms with Crippen LogP contribution >= 0.6 is 0 Å². The molecule has 0 aliphatic carbocycles. The number of anilines is 1. The van der Waals surface area contributed by atoms with Crippen LogP contribution in [0.1, 0.15) is 26.2 Å². The van der Waals surface area contributed by atoms with Crippen LogP contribution in [0.2, 0.25) is 0 Å². The molecule has 1 saturated heterocycles. The van der Waals surface area contributed by atoms with Gasteiger partial charge < -0.3 is 15.5 Å². The van der Waals surface area contributed by atoms with E-state index in [-0.39, 0.29) is 18.5 Å². The van der Waals surface area contributed by atoms with Crippen LogP contribution in [0.5, 0.6) is 0 Å². The lowest BCUT2D eigenvalue weighted by atomic mass is 10.1. The predicted octanol–water partition coefficient (Wildman–Crippen LogP) is 1.89. The summed E-state index contributed by atoms with van der Waals surface area (Å²) < 4.78 is 27.0. The summed E-state index contributed by atoms with van der Waals surface area (Å²) in [5.41, 5.74) is -0.488. The smallest absolute Gasteiger partial charge is 0.244 e. The minimum atomic E-state index is -0.845. The van der Waals surface area contributed by atoms with Crippen LogP contribution in [0.3, 0.4) is 0 Å². The zero-order valence-electron chi connectivity index (χ0n) is 13.1. The molecule has 1 fully saturated rings. The van der Waals surface area contributed by atoms with Crippen LogP contribution < -0.4 is 10.6 Å². The summed E-state index contributed by atoms with van der Waals surface area (Å²) in [6.45, 7) is 2.79. The monoisotopic (exact) mass is 325 g/mol. The van der Waals surface area contributed by atoms with E-state index in [4.69, 9.17) is 0 Å². The van der Waals surface area contributed by atoms with Gasteiger partial charge in [-0.25, -0.2) is 8.78 Å². The van der Waals surface area contributed by atoms with Gasteiger partial charge in [-0.3, -0.25) is 9.59 Å². The summed E-state index contributed by atoms with van der Waals surface area (Å²) >= 11 is 0. The summed E-state index contributed by atoms with van der Waals surface area (Å²) in [7, 11) is 0. The molecular formula is C16H21F2N3O2. The summed E-state index contributed by atoms with van der Waals surface area (Å²) in [6.07, 6.45) is 2.31. The molecule has 0 saturated carbocycles. The van der Waals surface area contributed by atoms with E-state index in [1.54, 1.807) is 6.92 Å². The van der Waals surface area contributed by atoms with Gasteiger partial charge in [0.25, 0.3) is 0 Å². The van der Waals surface area contributed by atoms with Gasteiger partial charge in [0, 0.05) is 19.0 Å². The number of carbonyl (C=O) groups is 2. The third-order valence-corrected chi connectivity index (χ3v) is 3.88. The van der Waals surface area contributed by atoms with Gasteiger partial charge in [-0.2, -0.15) is 0 Å². The molecular weight excluding hydrogens is 304 g/mol. The van der Waals surface area contributed by atoms with Crippen LogP contribution in [-0.2, 0) is 9.59 Å².